The van der Waals surface area contributed by atoms with Crippen LogP contribution in [0.5, 0.6) is 5.75 Å². The van der Waals surface area contributed by atoms with Gasteiger partial charge in [0.2, 0.25) is 0 Å². The van der Waals surface area contributed by atoms with Crippen molar-refractivity contribution < 1.29 is 19.7 Å². The van der Waals surface area contributed by atoms with Gasteiger partial charge in [-0.15, -0.1) is 0 Å². The highest BCUT2D eigenvalue weighted by Crippen LogP contribution is 2.40. The lowest BCUT2D eigenvalue weighted by Gasteiger charge is -2.28. The van der Waals surface area contributed by atoms with E-state index in [1.54, 1.807) is 31.3 Å². The summed E-state index contributed by atoms with van der Waals surface area (Å²) >= 11 is 0. The minimum absolute atomic E-state index is 0.0159. The van der Waals surface area contributed by atoms with Crippen molar-refractivity contribution in [2.24, 2.45) is 5.92 Å². The number of likely N-dealkylation sites (N-methyl/N-ethyl adjacent to an activating group) is 1. The average molecular weight is 265 g/mol. The highest BCUT2D eigenvalue weighted by Gasteiger charge is 2.51. The predicted molar refractivity (Wildman–Crippen MR) is 70.0 cm³/mol. The largest absolute Gasteiger partial charge is 0.491 e. The van der Waals surface area contributed by atoms with Gasteiger partial charge in [-0.05, 0) is 43.5 Å². The summed E-state index contributed by atoms with van der Waals surface area (Å²) in [6, 6.07) is 6.99. The number of nitrogens with one attached hydrogen (secondary N) is 1. The lowest BCUT2D eigenvalue weighted by molar-refractivity contribution is -0.147. The molecule has 5 heteroatoms. The first-order valence-corrected chi connectivity index (χ1v) is 6.37. The zero-order valence-electron chi connectivity index (χ0n) is 10.9. The lowest BCUT2D eigenvalue weighted by Crippen LogP contribution is -2.56. The molecule has 1 aromatic carbocycles. The number of hydrogen-bond donors (Lipinski definition) is 3. The molecule has 0 heterocycles. The maximum atomic E-state index is 11.5. The third-order valence-electron chi connectivity index (χ3n) is 3.67. The second-order valence-corrected chi connectivity index (χ2v) is 4.89. The second kappa shape index (κ2) is 5.59. The van der Waals surface area contributed by atoms with Crippen LogP contribution in [0.2, 0.25) is 0 Å². The van der Waals surface area contributed by atoms with Crippen LogP contribution in [0.15, 0.2) is 24.3 Å². The average Bonchev–Trinajstić information content (AvgIpc) is 3.25. The molecule has 2 rings (SSSR count). The molecule has 104 valence electrons. The lowest BCUT2D eigenvalue weighted by atomic mass is 9.94. The van der Waals surface area contributed by atoms with Crippen LogP contribution in [0, 0.1) is 5.92 Å². The van der Waals surface area contributed by atoms with Gasteiger partial charge in [-0.2, -0.15) is 0 Å². The number of hydrogen-bond acceptors (Lipinski definition) is 4. The van der Waals surface area contributed by atoms with E-state index in [2.05, 4.69) is 5.32 Å². The van der Waals surface area contributed by atoms with Crippen molar-refractivity contribution in [2.75, 3.05) is 13.7 Å². The van der Waals surface area contributed by atoms with Crippen molar-refractivity contribution in [1.29, 1.82) is 0 Å². The van der Waals surface area contributed by atoms with Gasteiger partial charge in [-0.1, -0.05) is 12.1 Å². The minimum atomic E-state index is -1.00. The highest BCUT2D eigenvalue weighted by atomic mass is 16.5. The molecule has 0 bridgehead atoms. The van der Waals surface area contributed by atoms with E-state index in [-0.39, 0.29) is 19.1 Å². The molecule has 1 saturated carbocycles. The van der Waals surface area contributed by atoms with E-state index in [1.807, 2.05) is 0 Å². The molecule has 0 aliphatic heterocycles. The van der Waals surface area contributed by atoms with Crippen LogP contribution in [-0.4, -0.2) is 35.4 Å². The van der Waals surface area contributed by atoms with Crippen LogP contribution in [0.3, 0.4) is 0 Å². The highest BCUT2D eigenvalue weighted by molar-refractivity contribution is 5.80. The first-order chi connectivity index (χ1) is 9.12. The Hall–Kier alpha value is -1.59. The molecule has 0 amide bonds. The maximum absolute atomic E-state index is 11.5. The number of carboxylic acid groups (broad SMARTS) is 1. The van der Waals surface area contributed by atoms with Gasteiger partial charge in [0.05, 0.1) is 6.61 Å². The van der Waals surface area contributed by atoms with Gasteiger partial charge in [0, 0.05) is 0 Å². The standard InChI is InChI=1S/C14H19NO4/c1-15-14(13(17)18,11-4-5-11)9-19-12-6-2-10(8-16)3-7-12/h2-3,6-7,11,15-16H,4-5,8-9H2,1H3,(H,17,18). The van der Waals surface area contributed by atoms with Gasteiger partial charge in [0.15, 0.2) is 5.54 Å². The summed E-state index contributed by atoms with van der Waals surface area (Å²) in [7, 11) is 1.66. The number of aliphatic hydroxyl groups is 1. The Labute approximate surface area is 112 Å². The fourth-order valence-electron chi connectivity index (χ4n) is 2.20. The Kier molecular flexibility index (Phi) is 4.07. The quantitative estimate of drug-likeness (QED) is 0.685. The fourth-order valence-corrected chi connectivity index (χ4v) is 2.20. The first kappa shape index (κ1) is 13.8. The van der Waals surface area contributed by atoms with Crippen LogP contribution < -0.4 is 10.1 Å². The molecule has 1 aromatic rings. The SMILES string of the molecule is CNC(COc1ccc(CO)cc1)(C(=O)O)C1CC1. The summed E-state index contributed by atoms with van der Waals surface area (Å²) in [5, 5.41) is 21.3. The Morgan fingerprint density at radius 3 is 2.47 bits per heavy atom. The molecule has 5 nitrogen and oxygen atoms in total. The minimum Gasteiger partial charge on any atom is -0.491 e. The number of carboxylic acids is 1. The number of rotatable bonds is 7. The molecule has 1 atom stereocenters. The van der Waals surface area contributed by atoms with Gasteiger partial charge in [0.25, 0.3) is 0 Å². The molecule has 3 N–H and O–H groups in total. The molecular weight excluding hydrogens is 246 g/mol. The van der Waals surface area contributed by atoms with Crippen LogP contribution in [0.25, 0.3) is 0 Å². The molecule has 1 fully saturated rings. The van der Waals surface area contributed by atoms with Crippen molar-refractivity contribution in [3.8, 4) is 5.75 Å². The van der Waals surface area contributed by atoms with Gasteiger partial charge in [0.1, 0.15) is 12.4 Å². The maximum Gasteiger partial charge on any atom is 0.327 e. The molecular formula is C14H19NO4. The van der Waals surface area contributed by atoms with E-state index in [1.165, 1.54) is 0 Å². The Morgan fingerprint density at radius 1 is 1.42 bits per heavy atom. The van der Waals surface area contributed by atoms with E-state index >= 15 is 0 Å². The molecule has 1 aliphatic carbocycles. The van der Waals surface area contributed by atoms with Crippen molar-refractivity contribution in [1.82, 2.24) is 5.32 Å². The summed E-state index contributed by atoms with van der Waals surface area (Å²) in [6.45, 7) is 0.0832. The summed E-state index contributed by atoms with van der Waals surface area (Å²) in [5.74, 6) is -0.130. The molecule has 0 aromatic heterocycles. The van der Waals surface area contributed by atoms with Crippen LogP contribution in [0.1, 0.15) is 18.4 Å². The number of aliphatic hydroxyl groups excluding tert-OH is 1. The third kappa shape index (κ3) is 2.88. The van der Waals surface area contributed by atoms with Crippen molar-refractivity contribution in [2.45, 2.75) is 25.0 Å². The molecule has 0 radical (unpaired) electrons. The summed E-state index contributed by atoms with van der Waals surface area (Å²) in [4.78, 5) is 11.5. The van der Waals surface area contributed by atoms with Gasteiger partial charge < -0.3 is 20.3 Å². The molecule has 1 aliphatic rings. The third-order valence-corrected chi connectivity index (χ3v) is 3.67. The fraction of sp³-hybridized carbons (Fsp3) is 0.500. The topological polar surface area (TPSA) is 78.8 Å². The van der Waals surface area contributed by atoms with Crippen LogP contribution in [0.4, 0.5) is 0 Å². The summed E-state index contributed by atoms with van der Waals surface area (Å²) in [5.41, 5.74) is -0.206. The monoisotopic (exact) mass is 265 g/mol. The smallest absolute Gasteiger partial charge is 0.327 e. The molecule has 0 saturated heterocycles. The molecule has 19 heavy (non-hydrogen) atoms. The zero-order valence-corrected chi connectivity index (χ0v) is 10.9. The van der Waals surface area contributed by atoms with Crippen molar-refractivity contribution >= 4 is 5.97 Å². The van der Waals surface area contributed by atoms with Gasteiger partial charge in [-0.3, -0.25) is 4.79 Å². The van der Waals surface area contributed by atoms with Crippen LogP contribution >= 0.6 is 0 Å². The predicted octanol–water partition coefficient (Wildman–Crippen LogP) is 1.01. The van der Waals surface area contributed by atoms with E-state index in [0.29, 0.717) is 5.75 Å². The Balaban J connectivity index is 2.03. The first-order valence-electron chi connectivity index (χ1n) is 6.37. The number of benzene rings is 1. The normalized spacial score (nSPS) is 17.8. The Bertz CT molecular complexity index is 441. The zero-order chi connectivity index (χ0) is 13.9. The van der Waals surface area contributed by atoms with Gasteiger partial charge in [-0.25, -0.2) is 0 Å². The van der Waals surface area contributed by atoms with Gasteiger partial charge >= 0.3 is 5.97 Å². The van der Waals surface area contributed by atoms with Crippen molar-refractivity contribution in [3.05, 3.63) is 29.8 Å². The van der Waals surface area contributed by atoms with E-state index in [4.69, 9.17) is 9.84 Å². The number of ether oxygens (including phenoxy) is 1. The summed E-state index contributed by atoms with van der Waals surface area (Å²) < 4.78 is 5.60. The molecule has 1 unspecified atom stereocenters. The number of carbonyl (C=O) groups is 1. The summed E-state index contributed by atoms with van der Waals surface area (Å²) in [6.07, 6.45) is 1.83. The van der Waals surface area contributed by atoms with Crippen molar-refractivity contribution in [3.63, 3.8) is 0 Å². The second-order valence-electron chi connectivity index (χ2n) is 4.89. The van der Waals surface area contributed by atoms with E-state index < -0.39 is 11.5 Å². The van der Waals surface area contributed by atoms with E-state index in [0.717, 1.165) is 18.4 Å². The van der Waals surface area contributed by atoms with Crippen LogP contribution in [-0.2, 0) is 11.4 Å². The van der Waals surface area contributed by atoms with E-state index in [9.17, 15) is 9.90 Å². The Morgan fingerprint density at radius 2 is 2.05 bits per heavy atom. The molecule has 0 spiro atoms. The number of aliphatic carboxylic acids is 1.